The minimum Gasteiger partial charge on any atom is -0.457 e. The topological polar surface area (TPSA) is 93.9 Å². The Balaban J connectivity index is 1.71. The highest BCUT2D eigenvalue weighted by Gasteiger charge is 2.37. The molecule has 0 unspecified atom stereocenters. The third-order valence-corrected chi connectivity index (χ3v) is 4.56. The first-order valence-corrected chi connectivity index (χ1v) is 8.96. The Morgan fingerprint density at radius 3 is 2.39 bits per heavy atom. The van der Waals surface area contributed by atoms with Gasteiger partial charge in [-0.15, -0.1) is 0 Å². The molecule has 0 spiro atoms. The van der Waals surface area contributed by atoms with Gasteiger partial charge in [-0.2, -0.15) is 23.5 Å². The summed E-state index contributed by atoms with van der Waals surface area (Å²) in [5.41, 5.74) is 5.05. The van der Waals surface area contributed by atoms with E-state index in [-0.39, 0.29) is 11.4 Å². The fourth-order valence-corrected chi connectivity index (χ4v) is 3.23. The number of alkyl halides is 3. The first-order chi connectivity index (χ1) is 14.8. The third kappa shape index (κ3) is 3.67. The van der Waals surface area contributed by atoms with E-state index >= 15 is 0 Å². The molecule has 1 aromatic heterocycles. The summed E-state index contributed by atoms with van der Waals surface area (Å²) in [7, 11) is 0. The SMILES string of the molecule is N#Cc1cccc(Oc2ccc(-n3nc(C(N)=O)c4ccccc43)cc2)c1C(F)(F)F. The standard InChI is InChI=1S/C22H13F3N4O2/c23-22(24,25)19-13(12-26)4-3-7-18(19)31-15-10-8-14(9-11-15)29-17-6-2-1-5-16(17)20(28-29)21(27)30/h1-11H,(H2,27,30). The van der Waals surface area contributed by atoms with Crippen LogP contribution in [0.5, 0.6) is 11.5 Å². The minimum atomic E-state index is -4.75. The Kier molecular flexibility index (Phi) is 4.83. The Morgan fingerprint density at radius 2 is 1.74 bits per heavy atom. The molecule has 0 atom stereocenters. The molecule has 154 valence electrons. The molecule has 0 bridgehead atoms. The highest BCUT2D eigenvalue weighted by molar-refractivity contribution is 6.04. The highest BCUT2D eigenvalue weighted by Crippen LogP contribution is 2.40. The lowest BCUT2D eigenvalue weighted by Gasteiger charge is -2.15. The molecule has 4 aromatic rings. The fourth-order valence-electron chi connectivity index (χ4n) is 3.23. The Hall–Kier alpha value is -4.32. The van der Waals surface area contributed by atoms with E-state index in [0.717, 1.165) is 12.1 Å². The molecule has 1 amide bonds. The number of hydrogen-bond acceptors (Lipinski definition) is 4. The number of ether oxygens (including phenoxy) is 1. The maximum Gasteiger partial charge on any atom is 0.421 e. The molecule has 4 rings (SSSR count). The van der Waals surface area contributed by atoms with E-state index in [2.05, 4.69) is 5.10 Å². The van der Waals surface area contributed by atoms with Gasteiger partial charge >= 0.3 is 6.18 Å². The third-order valence-electron chi connectivity index (χ3n) is 4.56. The number of benzene rings is 3. The zero-order valence-corrected chi connectivity index (χ0v) is 15.7. The lowest BCUT2D eigenvalue weighted by Crippen LogP contribution is -2.12. The van der Waals surface area contributed by atoms with E-state index in [4.69, 9.17) is 15.7 Å². The fraction of sp³-hybridized carbons (Fsp3) is 0.0455. The van der Waals surface area contributed by atoms with Crippen molar-refractivity contribution in [2.75, 3.05) is 0 Å². The van der Waals surface area contributed by atoms with Gasteiger partial charge < -0.3 is 10.5 Å². The molecule has 0 aliphatic carbocycles. The second-order valence-corrected chi connectivity index (χ2v) is 6.53. The number of carbonyl (C=O) groups excluding carboxylic acids is 1. The van der Waals surface area contributed by atoms with Crippen LogP contribution in [0.15, 0.2) is 66.7 Å². The van der Waals surface area contributed by atoms with Crippen molar-refractivity contribution in [3.8, 4) is 23.3 Å². The number of amides is 1. The Labute approximate surface area is 173 Å². The van der Waals surface area contributed by atoms with Crippen molar-refractivity contribution in [3.05, 3.63) is 83.6 Å². The monoisotopic (exact) mass is 422 g/mol. The number of carbonyl (C=O) groups is 1. The minimum absolute atomic E-state index is 0.110. The van der Waals surface area contributed by atoms with Gasteiger partial charge in [0, 0.05) is 5.39 Å². The van der Waals surface area contributed by atoms with Crippen molar-refractivity contribution in [2.24, 2.45) is 5.73 Å². The van der Waals surface area contributed by atoms with Gasteiger partial charge in [0.15, 0.2) is 5.69 Å². The van der Waals surface area contributed by atoms with Crippen LogP contribution >= 0.6 is 0 Å². The van der Waals surface area contributed by atoms with Crippen LogP contribution in [0.1, 0.15) is 21.6 Å². The van der Waals surface area contributed by atoms with E-state index in [9.17, 15) is 18.0 Å². The summed E-state index contributed by atoms with van der Waals surface area (Å²) in [6.07, 6.45) is -4.75. The maximum atomic E-state index is 13.4. The molecule has 0 saturated carbocycles. The van der Waals surface area contributed by atoms with Crippen molar-refractivity contribution < 1.29 is 22.7 Å². The van der Waals surface area contributed by atoms with Gasteiger partial charge in [-0.25, -0.2) is 4.68 Å². The quantitative estimate of drug-likeness (QED) is 0.511. The van der Waals surface area contributed by atoms with Gasteiger partial charge in [0.05, 0.1) is 22.8 Å². The van der Waals surface area contributed by atoms with Gasteiger partial charge in [0.2, 0.25) is 0 Å². The van der Waals surface area contributed by atoms with Gasteiger partial charge in [0.1, 0.15) is 17.1 Å². The maximum absolute atomic E-state index is 13.4. The number of primary amides is 1. The number of aromatic nitrogens is 2. The molecule has 0 aliphatic heterocycles. The van der Waals surface area contributed by atoms with E-state index in [1.807, 2.05) is 0 Å². The van der Waals surface area contributed by atoms with Crippen LogP contribution in [0, 0.1) is 11.3 Å². The van der Waals surface area contributed by atoms with Crippen LogP contribution in [-0.4, -0.2) is 15.7 Å². The number of halogens is 3. The van der Waals surface area contributed by atoms with E-state index in [1.54, 1.807) is 36.4 Å². The highest BCUT2D eigenvalue weighted by atomic mass is 19.4. The molecule has 9 heteroatoms. The number of rotatable bonds is 4. The molecule has 0 aliphatic rings. The zero-order chi connectivity index (χ0) is 22.2. The molecule has 0 radical (unpaired) electrons. The summed E-state index contributed by atoms with van der Waals surface area (Å²) in [5, 5.41) is 13.9. The largest absolute Gasteiger partial charge is 0.457 e. The van der Waals surface area contributed by atoms with Crippen LogP contribution in [-0.2, 0) is 6.18 Å². The average molecular weight is 422 g/mol. The number of para-hydroxylation sites is 1. The normalized spacial score (nSPS) is 11.3. The van der Waals surface area contributed by atoms with Crippen molar-refractivity contribution in [3.63, 3.8) is 0 Å². The van der Waals surface area contributed by atoms with E-state index in [1.165, 1.54) is 29.0 Å². The molecule has 0 fully saturated rings. The van der Waals surface area contributed by atoms with Gasteiger partial charge in [0.25, 0.3) is 5.91 Å². The van der Waals surface area contributed by atoms with Crippen LogP contribution < -0.4 is 10.5 Å². The summed E-state index contributed by atoms with van der Waals surface area (Å²) in [4.78, 5) is 11.7. The Bertz CT molecular complexity index is 1340. The summed E-state index contributed by atoms with van der Waals surface area (Å²) >= 11 is 0. The predicted octanol–water partition coefficient (Wildman–Crippen LogP) is 4.81. The van der Waals surface area contributed by atoms with E-state index < -0.39 is 29.0 Å². The second kappa shape index (κ2) is 7.50. The van der Waals surface area contributed by atoms with Crippen LogP contribution in [0.25, 0.3) is 16.6 Å². The molecule has 1 heterocycles. The summed E-state index contributed by atoms with van der Waals surface area (Å²) in [6, 6.07) is 18.2. The molecular weight excluding hydrogens is 409 g/mol. The first-order valence-electron chi connectivity index (χ1n) is 8.96. The summed E-state index contributed by atoms with van der Waals surface area (Å²) in [5.74, 6) is -1.01. The molecular formula is C22H13F3N4O2. The van der Waals surface area contributed by atoms with Crippen molar-refractivity contribution in [1.29, 1.82) is 5.26 Å². The van der Waals surface area contributed by atoms with Gasteiger partial charge in [-0.1, -0.05) is 24.3 Å². The van der Waals surface area contributed by atoms with E-state index in [0.29, 0.717) is 16.6 Å². The predicted molar refractivity (Wildman–Crippen MR) is 106 cm³/mol. The first kappa shape index (κ1) is 20.0. The zero-order valence-electron chi connectivity index (χ0n) is 15.7. The average Bonchev–Trinajstić information content (AvgIpc) is 3.13. The van der Waals surface area contributed by atoms with Crippen molar-refractivity contribution >= 4 is 16.8 Å². The van der Waals surface area contributed by atoms with Crippen LogP contribution in [0.3, 0.4) is 0 Å². The lowest BCUT2D eigenvalue weighted by atomic mass is 10.1. The van der Waals surface area contributed by atoms with Gasteiger partial charge in [-0.05, 0) is 42.5 Å². The molecule has 2 N–H and O–H groups in total. The van der Waals surface area contributed by atoms with Crippen molar-refractivity contribution in [2.45, 2.75) is 6.18 Å². The number of fused-ring (bicyclic) bond motifs is 1. The number of nitrogens with zero attached hydrogens (tertiary/aromatic N) is 3. The second-order valence-electron chi connectivity index (χ2n) is 6.53. The molecule has 0 saturated heterocycles. The lowest BCUT2D eigenvalue weighted by molar-refractivity contribution is -0.138. The molecule has 6 nitrogen and oxygen atoms in total. The van der Waals surface area contributed by atoms with Crippen molar-refractivity contribution in [1.82, 2.24) is 9.78 Å². The molecule has 3 aromatic carbocycles. The van der Waals surface area contributed by atoms with Crippen LogP contribution in [0.4, 0.5) is 13.2 Å². The van der Waals surface area contributed by atoms with Crippen LogP contribution in [0.2, 0.25) is 0 Å². The smallest absolute Gasteiger partial charge is 0.421 e. The number of nitrogens with two attached hydrogens (primary N) is 1. The summed E-state index contributed by atoms with van der Waals surface area (Å²) < 4.78 is 47.2. The molecule has 31 heavy (non-hydrogen) atoms. The Morgan fingerprint density at radius 1 is 1.03 bits per heavy atom. The number of hydrogen-bond donors (Lipinski definition) is 1. The summed E-state index contributed by atoms with van der Waals surface area (Å²) in [6.45, 7) is 0. The van der Waals surface area contributed by atoms with Gasteiger partial charge in [-0.3, -0.25) is 4.79 Å². The number of nitriles is 1.